The minimum Gasteiger partial charge on any atom is -0.394 e. The second-order valence-electron chi connectivity index (χ2n) is 12.3. The van der Waals surface area contributed by atoms with Gasteiger partial charge in [0.15, 0.2) is 6.29 Å². The number of aliphatic hydroxyl groups is 5. The molecule has 1 heterocycles. The first-order chi connectivity index (χ1) is 21.3. The molecule has 0 radical (unpaired) electrons. The van der Waals surface area contributed by atoms with Crippen LogP contribution in [0.25, 0.3) is 0 Å². The van der Waals surface area contributed by atoms with Crippen molar-refractivity contribution in [1.82, 2.24) is 5.32 Å². The van der Waals surface area contributed by atoms with Crippen molar-refractivity contribution in [1.29, 1.82) is 0 Å². The Morgan fingerprint density at radius 2 is 1.30 bits per heavy atom. The molecule has 7 atom stereocenters. The van der Waals surface area contributed by atoms with Crippen LogP contribution < -0.4 is 5.32 Å². The molecule has 1 fully saturated rings. The lowest BCUT2D eigenvalue weighted by Gasteiger charge is -2.40. The minimum atomic E-state index is -1.57. The Bertz CT molecular complexity index is 746. The van der Waals surface area contributed by atoms with E-state index in [0.29, 0.717) is 6.42 Å². The van der Waals surface area contributed by atoms with Gasteiger partial charge in [-0.25, -0.2) is 0 Å². The number of amides is 1. The van der Waals surface area contributed by atoms with Crippen molar-refractivity contribution in [3.63, 3.8) is 0 Å². The quantitative estimate of drug-likeness (QED) is 0.0537. The Labute approximate surface area is 267 Å². The molecule has 1 aliphatic rings. The molecule has 1 saturated heterocycles. The molecule has 0 aromatic heterocycles. The molecule has 0 bridgehead atoms. The predicted molar refractivity (Wildman–Crippen MR) is 175 cm³/mol. The molecule has 0 aromatic rings. The topological polar surface area (TPSA) is 149 Å². The molecule has 258 valence electrons. The van der Waals surface area contributed by atoms with E-state index in [0.717, 1.165) is 38.5 Å². The molecule has 1 aliphatic heterocycles. The maximum atomic E-state index is 12.7. The van der Waals surface area contributed by atoms with Crippen LogP contribution in [0.4, 0.5) is 0 Å². The van der Waals surface area contributed by atoms with Gasteiger partial charge in [-0.1, -0.05) is 122 Å². The van der Waals surface area contributed by atoms with Gasteiger partial charge in [0.2, 0.25) is 5.91 Å². The highest BCUT2D eigenvalue weighted by Gasteiger charge is 2.44. The number of rotatable bonds is 27. The maximum Gasteiger partial charge on any atom is 0.220 e. The van der Waals surface area contributed by atoms with Crippen LogP contribution in [0.15, 0.2) is 24.3 Å². The average Bonchev–Trinajstić information content (AvgIpc) is 3.02. The lowest BCUT2D eigenvalue weighted by atomic mass is 9.99. The van der Waals surface area contributed by atoms with Gasteiger partial charge in [0, 0.05) is 6.42 Å². The van der Waals surface area contributed by atoms with Gasteiger partial charge in [-0.2, -0.15) is 0 Å². The van der Waals surface area contributed by atoms with Gasteiger partial charge in [0.1, 0.15) is 24.4 Å². The summed E-state index contributed by atoms with van der Waals surface area (Å²) >= 11 is 0. The number of hydrogen-bond acceptors (Lipinski definition) is 8. The Morgan fingerprint density at radius 3 is 1.91 bits per heavy atom. The standard InChI is InChI=1S/C35H65NO8/c1-3-5-7-9-11-12-13-14-15-16-17-19-20-22-24-29(38)28(36-31(39)25-23-21-18-10-8-6-4-2)27-43-35-34(42)33(41)32(40)30(26-37)44-35/h16-17,22,24,28-30,32-35,37-38,40-42H,3-15,18-21,23,25-27H2,1-2H3,(H,36,39)/b17-16+,24-22+/t28-,29+,30+,32+,33?,34?,35+/m0/s1. The van der Waals surface area contributed by atoms with Crippen LogP contribution in [-0.4, -0.2) is 87.5 Å². The van der Waals surface area contributed by atoms with E-state index < -0.39 is 49.5 Å². The highest BCUT2D eigenvalue weighted by molar-refractivity contribution is 5.76. The van der Waals surface area contributed by atoms with E-state index in [-0.39, 0.29) is 12.5 Å². The molecule has 1 rings (SSSR count). The molecule has 9 nitrogen and oxygen atoms in total. The number of carbonyl (C=O) groups is 1. The molecule has 0 spiro atoms. The minimum absolute atomic E-state index is 0.197. The second kappa shape index (κ2) is 26.8. The van der Waals surface area contributed by atoms with Crippen LogP contribution in [0, 0.1) is 0 Å². The Hall–Kier alpha value is -1.33. The van der Waals surface area contributed by atoms with Crippen molar-refractivity contribution in [2.45, 2.75) is 179 Å². The molecule has 44 heavy (non-hydrogen) atoms. The monoisotopic (exact) mass is 627 g/mol. The van der Waals surface area contributed by atoms with E-state index in [4.69, 9.17) is 9.47 Å². The molecular formula is C35H65NO8. The lowest BCUT2D eigenvalue weighted by Crippen LogP contribution is -2.60. The molecule has 1 amide bonds. The molecule has 0 saturated carbocycles. The fourth-order valence-corrected chi connectivity index (χ4v) is 5.34. The molecule has 0 aliphatic carbocycles. The van der Waals surface area contributed by atoms with Gasteiger partial charge in [-0.05, 0) is 32.1 Å². The first-order valence-corrected chi connectivity index (χ1v) is 17.6. The van der Waals surface area contributed by atoms with Crippen LogP contribution in [-0.2, 0) is 14.3 Å². The van der Waals surface area contributed by atoms with Crippen molar-refractivity contribution in [3.05, 3.63) is 24.3 Å². The van der Waals surface area contributed by atoms with Crippen LogP contribution in [0.2, 0.25) is 0 Å². The van der Waals surface area contributed by atoms with Crippen molar-refractivity contribution >= 4 is 5.91 Å². The van der Waals surface area contributed by atoms with Crippen molar-refractivity contribution < 1.29 is 39.8 Å². The van der Waals surface area contributed by atoms with Crippen LogP contribution in [0.3, 0.4) is 0 Å². The number of aliphatic hydroxyl groups excluding tert-OH is 5. The van der Waals surface area contributed by atoms with Gasteiger partial charge >= 0.3 is 0 Å². The van der Waals surface area contributed by atoms with E-state index in [2.05, 4.69) is 31.3 Å². The summed E-state index contributed by atoms with van der Waals surface area (Å²) in [4.78, 5) is 12.7. The smallest absolute Gasteiger partial charge is 0.220 e. The second-order valence-corrected chi connectivity index (χ2v) is 12.3. The number of ether oxygens (including phenoxy) is 2. The summed E-state index contributed by atoms with van der Waals surface area (Å²) in [6, 6.07) is -0.812. The predicted octanol–water partition coefficient (Wildman–Crippen LogP) is 5.21. The van der Waals surface area contributed by atoms with E-state index in [1.165, 1.54) is 77.0 Å². The fraction of sp³-hybridized carbons (Fsp3) is 0.857. The molecule has 6 N–H and O–H groups in total. The van der Waals surface area contributed by atoms with E-state index >= 15 is 0 Å². The normalized spacial score (nSPS) is 23.8. The number of unbranched alkanes of at least 4 members (excludes halogenated alkanes) is 15. The third kappa shape index (κ3) is 18.6. The summed E-state index contributed by atoms with van der Waals surface area (Å²) in [5, 5.41) is 53.6. The third-order valence-electron chi connectivity index (χ3n) is 8.28. The van der Waals surface area contributed by atoms with Gasteiger partial charge < -0.3 is 40.3 Å². The largest absolute Gasteiger partial charge is 0.394 e. The fourth-order valence-electron chi connectivity index (χ4n) is 5.34. The number of nitrogens with one attached hydrogen (secondary N) is 1. The zero-order chi connectivity index (χ0) is 32.4. The van der Waals surface area contributed by atoms with Crippen LogP contribution in [0.1, 0.15) is 136 Å². The number of hydrogen-bond donors (Lipinski definition) is 6. The van der Waals surface area contributed by atoms with E-state index in [9.17, 15) is 30.3 Å². The zero-order valence-electron chi connectivity index (χ0n) is 27.7. The number of allylic oxidation sites excluding steroid dienone is 3. The van der Waals surface area contributed by atoms with Gasteiger partial charge in [-0.15, -0.1) is 0 Å². The molecule has 9 heteroatoms. The van der Waals surface area contributed by atoms with Gasteiger partial charge in [-0.3, -0.25) is 4.79 Å². The number of carbonyl (C=O) groups excluding carboxylic acids is 1. The summed E-state index contributed by atoms with van der Waals surface area (Å²) in [6.07, 6.45) is 21.0. The van der Waals surface area contributed by atoms with Gasteiger partial charge in [0.25, 0.3) is 0 Å². The summed E-state index contributed by atoms with van der Waals surface area (Å²) < 4.78 is 11.1. The summed E-state index contributed by atoms with van der Waals surface area (Å²) in [7, 11) is 0. The van der Waals surface area contributed by atoms with Gasteiger partial charge in [0.05, 0.1) is 25.4 Å². The van der Waals surface area contributed by atoms with Crippen LogP contribution in [0.5, 0.6) is 0 Å². The van der Waals surface area contributed by atoms with Crippen LogP contribution >= 0.6 is 0 Å². The first-order valence-electron chi connectivity index (χ1n) is 17.6. The van der Waals surface area contributed by atoms with E-state index in [1.54, 1.807) is 6.08 Å². The highest BCUT2D eigenvalue weighted by atomic mass is 16.7. The Morgan fingerprint density at radius 1 is 0.750 bits per heavy atom. The zero-order valence-corrected chi connectivity index (χ0v) is 27.7. The molecular weight excluding hydrogens is 562 g/mol. The molecule has 0 aromatic carbocycles. The van der Waals surface area contributed by atoms with Crippen molar-refractivity contribution in [2.24, 2.45) is 0 Å². The first kappa shape index (κ1) is 40.7. The third-order valence-corrected chi connectivity index (χ3v) is 8.28. The summed E-state index contributed by atoms with van der Waals surface area (Å²) in [5.74, 6) is -0.197. The van der Waals surface area contributed by atoms with Crippen molar-refractivity contribution in [2.75, 3.05) is 13.2 Å². The average molecular weight is 628 g/mol. The Kier molecular flexibility index (Phi) is 24.8. The summed E-state index contributed by atoms with van der Waals surface area (Å²) in [6.45, 7) is 3.66. The summed E-state index contributed by atoms with van der Waals surface area (Å²) in [5.41, 5.74) is 0. The Balaban J connectivity index is 2.52. The maximum absolute atomic E-state index is 12.7. The van der Waals surface area contributed by atoms with Crippen molar-refractivity contribution in [3.8, 4) is 0 Å². The van der Waals surface area contributed by atoms with E-state index in [1.807, 2.05) is 6.08 Å². The SMILES string of the molecule is CCCCCCCCCC/C=C/CC/C=C/[C@@H](O)[C@H](CO[C@@H]1O[C@H](CO)[C@@H](O)C(O)C1O)NC(=O)CCCCCCCCC. The molecule has 2 unspecified atom stereocenters. The lowest BCUT2D eigenvalue weighted by molar-refractivity contribution is -0.302. The highest BCUT2D eigenvalue weighted by Crippen LogP contribution is 2.22.